The number of hydrogen-bond donors (Lipinski definition) is 1. The largest absolute Gasteiger partial charge is 0.314 e. The minimum atomic E-state index is 0.621. The molecule has 0 fully saturated rings. The second-order valence-electron chi connectivity index (χ2n) is 4.52. The molecule has 1 N–H and O–H groups in total. The second-order valence-corrected chi connectivity index (χ2v) is 6.69. The Morgan fingerprint density at radius 3 is 2.53 bits per heavy atom. The molecule has 98 valence electrons. The highest BCUT2D eigenvalue weighted by atomic mass is 32.2. The summed E-state index contributed by atoms with van der Waals surface area (Å²) in [7, 11) is 0. The third-order valence-electron chi connectivity index (χ3n) is 3.07. The van der Waals surface area contributed by atoms with Crippen LogP contribution in [0.3, 0.4) is 0 Å². The zero-order valence-electron chi connectivity index (χ0n) is 11.5. The molecule has 3 heteroatoms. The van der Waals surface area contributed by atoms with Gasteiger partial charge in [0.2, 0.25) is 0 Å². The Labute approximate surface area is 114 Å². The molecule has 2 atom stereocenters. The highest BCUT2D eigenvalue weighted by Gasteiger charge is 2.17. The fourth-order valence-electron chi connectivity index (χ4n) is 2.05. The molecular weight excluding hydrogens is 246 g/mol. The quantitative estimate of drug-likeness (QED) is 0.771. The molecule has 17 heavy (non-hydrogen) atoms. The molecule has 0 radical (unpaired) electrons. The normalized spacial score (nSPS) is 14.8. The Hall–Kier alpha value is 0.01000. The molecule has 2 unspecified atom stereocenters. The van der Waals surface area contributed by atoms with Gasteiger partial charge in [0.05, 0.1) is 0 Å². The van der Waals surface area contributed by atoms with Crippen LogP contribution in [0.4, 0.5) is 0 Å². The maximum atomic E-state index is 3.64. The van der Waals surface area contributed by atoms with E-state index in [1.807, 2.05) is 23.1 Å². The van der Waals surface area contributed by atoms with Crippen molar-refractivity contribution >= 4 is 23.1 Å². The van der Waals surface area contributed by atoms with E-state index in [1.54, 1.807) is 0 Å². The molecule has 1 aromatic rings. The maximum Gasteiger partial charge on any atom is 0.0149 e. The predicted molar refractivity (Wildman–Crippen MR) is 82.4 cm³/mol. The number of likely N-dealkylation sites (N-methyl/N-ethyl adjacent to an activating group) is 1. The van der Waals surface area contributed by atoms with Crippen LogP contribution in [-0.4, -0.2) is 24.6 Å². The van der Waals surface area contributed by atoms with Gasteiger partial charge in [-0.05, 0) is 49.4 Å². The van der Waals surface area contributed by atoms with Gasteiger partial charge in [0.25, 0.3) is 0 Å². The molecule has 0 bridgehead atoms. The molecule has 1 heterocycles. The van der Waals surface area contributed by atoms with Crippen LogP contribution in [-0.2, 0) is 12.8 Å². The van der Waals surface area contributed by atoms with E-state index in [-0.39, 0.29) is 0 Å². The van der Waals surface area contributed by atoms with Crippen molar-refractivity contribution in [3.63, 3.8) is 0 Å². The van der Waals surface area contributed by atoms with Crippen molar-refractivity contribution in [2.75, 3.05) is 18.6 Å². The van der Waals surface area contributed by atoms with E-state index in [4.69, 9.17) is 0 Å². The Balaban J connectivity index is 2.58. The van der Waals surface area contributed by atoms with Gasteiger partial charge in [0, 0.05) is 15.8 Å². The summed E-state index contributed by atoms with van der Waals surface area (Å²) >= 11 is 3.92. The molecule has 0 saturated carbocycles. The third kappa shape index (κ3) is 5.02. The van der Waals surface area contributed by atoms with Crippen LogP contribution in [0.25, 0.3) is 0 Å². The summed E-state index contributed by atoms with van der Waals surface area (Å²) in [6.07, 6.45) is 4.54. The smallest absolute Gasteiger partial charge is 0.0149 e. The molecule has 0 aliphatic heterocycles. The van der Waals surface area contributed by atoms with Crippen molar-refractivity contribution in [3.05, 3.63) is 21.9 Å². The molecule has 1 aromatic heterocycles. The lowest BCUT2D eigenvalue weighted by atomic mass is 10.00. The Kier molecular flexibility index (Phi) is 7.24. The molecular formula is C14H25NS2. The Morgan fingerprint density at radius 2 is 2.00 bits per heavy atom. The van der Waals surface area contributed by atoms with Crippen molar-refractivity contribution in [2.45, 2.75) is 39.7 Å². The van der Waals surface area contributed by atoms with E-state index < -0.39 is 0 Å². The van der Waals surface area contributed by atoms with Gasteiger partial charge in [0.1, 0.15) is 0 Å². The lowest BCUT2D eigenvalue weighted by molar-refractivity contribution is 0.412. The Bertz CT molecular complexity index is 309. The molecule has 0 aromatic carbocycles. The third-order valence-corrected chi connectivity index (χ3v) is 5.18. The van der Waals surface area contributed by atoms with Crippen molar-refractivity contribution in [1.82, 2.24) is 5.32 Å². The van der Waals surface area contributed by atoms with E-state index in [2.05, 4.69) is 44.5 Å². The molecule has 1 rings (SSSR count). The van der Waals surface area contributed by atoms with Crippen LogP contribution >= 0.6 is 23.1 Å². The van der Waals surface area contributed by atoms with Crippen LogP contribution in [0, 0.1) is 5.92 Å². The fraction of sp³-hybridized carbons (Fsp3) is 0.714. The first-order valence-corrected chi connectivity index (χ1v) is 8.72. The molecule has 0 aliphatic rings. The van der Waals surface area contributed by atoms with Crippen molar-refractivity contribution in [2.24, 2.45) is 5.92 Å². The molecule has 0 saturated heterocycles. The molecule has 0 spiro atoms. The maximum absolute atomic E-state index is 3.64. The number of rotatable bonds is 8. The standard InChI is InChI=1S/C14H25NS2/c1-5-12-7-8-13(17-12)9-14(15-6-2)11(3)10-16-4/h7-8,11,14-15H,5-6,9-10H2,1-4H3. The van der Waals surface area contributed by atoms with E-state index in [9.17, 15) is 0 Å². The minimum absolute atomic E-state index is 0.621. The number of aryl methyl sites for hydroxylation is 1. The topological polar surface area (TPSA) is 12.0 Å². The first kappa shape index (κ1) is 15.1. The van der Waals surface area contributed by atoms with Crippen molar-refractivity contribution in [1.29, 1.82) is 0 Å². The van der Waals surface area contributed by atoms with E-state index in [0.29, 0.717) is 6.04 Å². The highest BCUT2D eigenvalue weighted by molar-refractivity contribution is 7.98. The van der Waals surface area contributed by atoms with Crippen LogP contribution in [0.1, 0.15) is 30.5 Å². The summed E-state index contributed by atoms with van der Waals surface area (Å²) in [5, 5.41) is 3.64. The van der Waals surface area contributed by atoms with Gasteiger partial charge in [-0.25, -0.2) is 0 Å². The number of thioether (sulfide) groups is 1. The summed E-state index contributed by atoms with van der Waals surface area (Å²) < 4.78 is 0. The zero-order valence-corrected chi connectivity index (χ0v) is 13.1. The number of hydrogen-bond acceptors (Lipinski definition) is 3. The van der Waals surface area contributed by atoms with Crippen molar-refractivity contribution in [3.8, 4) is 0 Å². The van der Waals surface area contributed by atoms with Crippen molar-refractivity contribution < 1.29 is 0 Å². The fourth-order valence-corrected chi connectivity index (χ4v) is 3.83. The number of thiophene rings is 1. The summed E-state index contributed by atoms with van der Waals surface area (Å²) in [5.74, 6) is 1.97. The summed E-state index contributed by atoms with van der Waals surface area (Å²) in [5.41, 5.74) is 0. The van der Waals surface area contributed by atoms with E-state index in [1.165, 1.54) is 21.9 Å². The van der Waals surface area contributed by atoms with Crippen LogP contribution in [0.2, 0.25) is 0 Å². The average molecular weight is 271 g/mol. The van der Waals surface area contributed by atoms with E-state index in [0.717, 1.165) is 18.9 Å². The first-order chi connectivity index (χ1) is 8.21. The Morgan fingerprint density at radius 1 is 1.29 bits per heavy atom. The van der Waals surface area contributed by atoms with Gasteiger partial charge in [-0.1, -0.05) is 20.8 Å². The lowest BCUT2D eigenvalue weighted by Gasteiger charge is -2.23. The second kappa shape index (κ2) is 8.17. The monoisotopic (exact) mass is 271 g/mol. The van der Waals surface area contributed by atoms with Gasteiger partial charge < -0.3 is 5.32 Å². The lowest BCUT2D eigenvalue weighted by Crippen LogP contribution is -2.37. The van der Waals surface area contributed by atoms with Gasteiger partial charge >= 0.3 is 0 Å². The molecule has 1 nitrogen and oxygen atoms in total. The van der Waals surface area contributed by atoms with Gasteiger partial charge in [0.15, 0.2) is 0 Å². The highest BCUT2D eigenvalue weighted by Crippen LogP contribution is 2.21. The summed E-state index contributed by atoms with van der Waals surface area (Å²) in [6, 6.07) is 5.21. The van der Waals surface area contributed by atoms with Crippen LogP contribution in [0.5, 0.6) is 0 Å². The van der Waals surface area contributed by atoms with Gasteiger partial charge in [-0.2, -0.15) is 11.8 Å². The number of nitrogens with one attached hydrogen (secondary N) is 1. The summed E-state index contributed by atoms with van der Waals surface area (Å²) in [4.78, 5) is 3.04. The van der Waals surface area contributed by atoms with Crippen LogP contribution < -0.4 is 5.32 Å². The predicted octanol–water partition coefficient (Wildman–Crippen LogP) is 3.83. The first-order valence-electron chi connectivity index (χ1n) is 6.51. The van der Waals surface area contributed by atoms with Gasteiger partial charge in [-0.15, -0.1) is 11.3 Å². The molecule has 0 amide bonds. The van der Waals surface area contributed by atoms with Gasteiger partial charge in [-0.3, -0.25) is 0 Å². The zero-order chi connectivity index (χ0) is 12.7. The summed E-state index contributed by atoms with van der Waals surface area (Å²) in [6.45, 7) is 7.85. The molecule has 0 aliphatic carbocycles. The average Bonchev–Trinajstić information content (AvgIpc) is 2.76. The SMILES string of the molecule is CCNC(Cc1ccc(CC)s1)C(C)CSC. The van der Waals surface area contributed by atoms with E-state index >= 15 is 0 Å². The van der Waals surface area contributed by atoms with Crippen LogP contribution in [0.15, 0.2) is 12.1 Å². The minimum Gasteiger partial charge on any atom is -0.314 e.